The van der Waals surface area contributed by atoms with E-state index in [4.69, 9.17) is 0 Å². The highest BCUT2D eigenvalue weighted by molar-refractivity contribution is 7.84. The van der Waals surface area contributed by atoms with Crippen LogP contribution in [0.1, 0.15) is 12.6 Å². The van der Waals surface area contributed by atoms with Crippen LogP contribution in [-0.4, -0.2) is 32.2 Å². The molecule has 0 radical (unpaired) electrons. The second kappa shape index (κ2) is 5.05. The molecule has 0 aliphatic carbocycles. The van der Waals surface area contributed by atoms with E-state index in [0.29, 0.717) is 5.75 Å². The average molecular weight is 213 g/mol. The molecule has 1 heterocycles. The first-order valence-electron chi connectivity index (χ1n) is 4.43. The molecule has 1 aromatic rings. The molecule has 0 fully saturated rings. The monoisotopic (exact) mass is 213 g/mol. The van der Waals surface area contributed by atoms with Crippen LogP contribution < -0.4 is 5.32 Å². The van der Waals surface area contributed by atoms with Gasteiger partial charge in [0.15, 0.2) is 0 Å². The Hall–Kier alpha value is -0.970. The first-order valence-corrected chi connectivity index (χ1v) is 6.16. The van der Waals surface area contributed by atoms with E-state index in [1.165, 1.54) is 0 Å². The summed E-state index contributed by atoms with van der Waals surface area (Å²) in [6.07, 6.45) is 5.07. The minimum absolute atomic E-state index is 0.150. The van der Waals surface area contributed by atoms with Crippen molar-refractivity contribution >= 4 is 16.6 Å². The Labute approximate surface area is 86.6 Å². The lowest BCUT2D eigenvalue weighted by Gasteiger charge is -2.12. The molecule has 1 N–H and O–H groups in total. The zero-order valence-electron chi connectivity index (χ0n) is 8.65. The summed E-state index contributed by atoms with van der Waals surface area (Å²) in [5, 5.41) is 3.15. The minimum atomic E-state index is -0.785. The highest BCUT2D eigenvalue weighted by Gasteiger charge is 2.04. The van der Waals surface area contributed by atoms with Crippen molar-refractivity contribution in [2.75, 3.05) is 17.3 Å². The van der Waals surface area contributed by atoms with Crippen molar-refractivity contribution < 1.29 is 4.21 Å². The second-order valence-corrected chi connectivity index (χ2v) is 4.81. The van der Waals surface area contributed by atoms with Crippen molar-refractivity contribution in [1.29, 1.82) is 0 Å². The molecule has 0 saturated heterocycles. The van der Waals surface area contributed by atoms with Crippen LogP contribution in [0.3, 0.4) is 0 Å². The van der Waals surface area contributed by atoms with Crippen LogP contribution in [0.15, 0.2) is 12.4 Å². The summed E-state index contributed by atoms with van der Waals surface area (Å²) in [6, 6.07) is 0.150. The lowest BCUT2D eigenvalue weighted by Crippen LogP contribution is -2.23. The third-order valence-electron chi connectivity index (χ3n) is 1.63. The summed E-state index contributed by atoms with van der Waals surface area (Å²) in [4.78, 5) is 8.26. The number of anilines is 1. The fourth-order valence-electron chi connectivity index (χ4n) is 1.18. The number of nitrogens with one attached hydrogen (secondary N) is 1. The van der Waals surface area contributed by atoms with Gasteiger partial charge in [0.05, 0.1) is 11.9 Å². The zero-order chi connectivity index (χ0) is 10.6. The Morgan fingerprint density at radius 2 is 2.29 bits per heavy atom. The molecule has 0 bridgehead atoms. The summed E-state index contributed by atoms with van der Waals surface area (Å²) in [6.45, 7) is 3.87. The number of nitrogens with zero attached hydrogens (tertiary/aromatic N) is 2. The molecule has 2 atom stereocenters. The quantitative estimate of drug-likeness (QED) is 0.809. The minimum Gasteiger partial charge on any atom is -0.365 e. The van der Waals surface area contributed by atoms with E-state index in [9.17, 15) is 4.21 Å². The largest absolute Gasteiger partial charge is 0.365 e. The zero-order valence-corrected chi connectivity index (χ0v) is 9.47. The van der Waals surface area contributed by atoms with E-state index in [2.05, 4.69) is 15.3 Å². The van der Waals surface area contributed by atoms with Gasteiger partial charge in [-0.2, -0.15) is 0 Å². The van der Waals surface area contributed by atoms with Crippen LogP contribution in [0, 0.1) is 6.92 Å². The maximum Gasteiger partial charge on any atom is 0.145 e. The summed E-state index contributed by atoms with van der Waals surface area (Å²) < 4.78 is 10.9. The lowest BCUT2D eigenvalue weighted by atomic mass is 10.4. The Bertz CT molecular complexity index is 330. The summed E-state index contributed by atoms with van der Waals surface area (Å²) in [5.41, 5.74) is 0.875. The molecular weight excluding hydrogens is 198 g/mol. The van der Waals surface area contributed by atoms with Crippen LogP contribution in [0.4, 0.5) is 5.82 Å². The summed E-state index contributed by atoms with van der Waals surface area (Å²) >= 11 is 0. The maximum absolute atomic E-state index is 10.9. The molecule has 0 aliphatic heterocycles. The van der Waals surface area contributed by atoms with E-state index in [1.54, 1.807) is 18.6 Å². The highest BCUT2D eigenvalue weighted by atomic mass is 32.2. The number of hydrogen-bond donors (Lipinski definition) is 1. The van der Waals surface area contributed by atoms with Crippen molar-refractivity contribution in [2.24, 2.45) is 0 Å². The first-order chi connectivity index (χ1) is 6.58. The van der Waals surface area contributed by atoms with Gasteiger partial charge in [0.25, 0.3) is 0 Å². The molecule has 0 amide bonds. The predicted octanol–water partition coefficient (Wildman–Crippen LogP) is 0.964. The van der Waals surface area contributed by atoms with Gasteiger partial charge >= 0.3 is 0 Å². The van der Waals surface area contributed by atoms with E-state index in [-0.39, 0.29) is 6.04 Å². The lowest BCUT2D eigenvalue weighted by molar-refractivity contribution is 0.683. The van der Waals surface area contributed by atoms with E-state index in [1.807, 2.05) is 13.8 Å². The summed E-state index contributed by atoms with van der Waals surface area (Å²) in [7, 11) is -0.785. The molecule has 14 heavy (non-hydrogen) atoms. The summed E-state index contributed by atoms with van der Waals surface area (Å²) in [5.74, 6) is 1.36. The number of hydrogen-bond acceptors (Lipinski definition) is 4. The van der Waals surface area contributed by atoms with Gasteiger partial charge in [-0.15, -0.1) is 0 Å². The highest BCUT2D eigenvalue weighted by Crippen LogP contribution is 2.03. The molecular formula is C9H15N3OS. The molecule has 78 valence electrons. The standard InChI is InChI=1S/C9H15N3OS/c1-7-4-10-5-9(11-7)12-8(2)6-14(3)13/h4-5,8H,6H2,1-3H3,(H,11,12). The normalized spacial score (nSPS) is 14.8. The Balaban J connectivity index is 2.55. The molecule has 1 rings (SSSR count). The van der Waals surface area contributed by atoms with Gasteiger partial charge in [-0.1, -0.05) is 0 Å². The molecule has 4 nitrogen and oxygen atoms in total. The number of aromatic nitrogens is 2. The van der Waals surface area contributed by atoms with Gasteiger partial charge in [-0.3, -0.25) is 9.19 Å². The van der Waals surface area contributed by atoms with Crippen LogP contribution >= 0.6 is 0 Å². The van der Waals surface area contributed by atoms with Crippen molar-refractivity contribution in [2.45, 2.75) is 19.9 Å². The van der Waals surface area contributed by atoms with E-state index >= 15 is 0 Å². The van der Waals surface area contributed by atoms with Crippen molar-refractivity contribution in [1.82, 2.24) is 9.97 Å². The van der Waals surface area contributed by atoms with Gasteiger partial charge < -0.3 is 5.32 Å². The smallest absolute Gasteiger partial charge is 0.145 e. The van der Waals surface area contributed by atoms with Gasteiger partial charge in [-0.05, 0) is 13.8 Å². The molecule has 0 spiro atoms. The van der Waals surface area contributed by atoms with Crippen molar-refractivity contribution in [3.05, 3.63) is 18.1 Å². The Morgan fingerprint density at radius 3 is 2.86 bits per heavy atom. The third kappa shape index (κ3) is 3.83. The molecule has 0 aliphatic rings. The van der Waals surface area contributed by atoms with Crippen LogP contribution in [0.5, 0.6) is 0 Å². The van der Waals surface area contributed by atoms with Gasteiger partial charge in [0.1, 0.15) is 5.82 Å². The fourth-order valence-corrected chi connectivity index (χ4v) is 1.97. The first kappa shape index (κ1) is 11.1. The van der Waals surface area contributed by atoms with Gasteiger partial charge in [0, 0.05) is 35.0 Å². The van der Waals surface area contributed by atoms with Gasteiger partial charge in [-0.25, -0.2) is 4.98 Å². The fraction of sp³-hybridized carbons (Fsp3) is 0.556. The predicted molar refractivity (Wildman–Crippen MR) is 58.8 cm³/mol. The van der Waals surface area contributed by atoms with E-state index < -0.39 is 10.8 Å². The maximum atomic E-state index is 10.9. The van der Waals surface area contributed by atoms with Crippen molar-refractivity contribution in [3.8, 4) is 0 Å². The molecule has 0 saturated carbocycles. The second-order valence-electron chi connectivity index (χ2n) is 3.33. The van der Waals surface area contributed by atoms with Gasteiger partial charge in [0.2, 0.25) is 0 Å². The third-order valence-corrected chi connectivity index (χ3v) is 2.60. The average Bonchev–Trinajstić information content (AvgIpc) is 2.01. The van der Waals surface area contributed by atoms with Crippen LogP contribution in [0.2, 0.25) is 0 Å². The number of aryl methyl sites for hydroxylation is 1. The topological polar surface area (TPSA) is 54.9 Å². The molecule has 2 unspecified atom stereocenters. The molecule has 0 aromatic carbocycles. The van der Waals surface area contributed by atoms with Crippen molar-refractivity contribution in [3.63, 3.8) is 0 Å². The molecule has 1 aromatic heterocycles. The Kier molecular flexibility index (Phi) is 4.00. The SMILES string of the molecule is Cc1cncc(NC(C)CS(C)=O)n1. The van der Waals surface area contributed by atoms with E-state index in [0.717, 1.165) is 11.5 Å². The molecule has 5 heteroatoms. The van der Waals surface area contributed by atoms with Crippen LogP contribution in [0.25, 0.3) is 0 Å². The van der Waals surface area contributed by atoms with Crippen LogP contribution in [-0.2, 0) is 10.8 Å². The Morgan fingerprint density at radius 1 is 1.57 bits per heavy atom. The number of rotatable bonds is 4.